The Labute approximate surface area is 162 Å². The number of carbonyl (C=O) groups excluding carboxylic acids is 2. The van der Waals surface area contributed by atoms with Crippen LogP contribution in [0.1, 0.15) is 24.2 Å². The third kappa shape index (κ3) is 4.86. The van der Waals surface area contributed by atoms with Crippen LogP contribution in [0.3, 0.4) is 0 Å². The molecule has 8 nitrogen and oxygen atoms in total. The monoisotopic (exact) mass is 389 g/mol. The average molecular weight is 389 g/mol. The molecular formula is C18H23N5O3S. The number of thioether (sulfide) groups is 1. The van der Waals surface area contributed by atoms with Gasteiger partial charge in [0.05, 0.1) is 19.0 Å². The Morgan fingerprint density at radius 2 is 2.04 bits per heavy atom. The van der Waals surface area contributed by atoms with Crippen molar-refractivity contribution < 1.29 is 14.3 Å². The van der Waals surface area contributed by atoms with E-state index < -0.39 is 0 Å². The van der Waals surface area contributed by atoms with Gasteiger partial charge in [0.1, 0.15) is 0 Å². The number of nitrogens with zero attached hydrogens (tertiary/aromatic N) is 4. The molecule has 0 saturated carbocycles. The van der Waals surface area contributed by atoms with Crippen LogP contribution in [0.15, 0.2) is 29.4 Å². The number of anilines is 2. The van der Waals surface area contributed by atoms with Crippen molar-refractivity contribution in [3.05, 3.63) is 29.8 Å². The number of nitrogens with one attached hydrogen (secondary N) is 1. The first-order valence-electron chi connectivity index (χ1n) is 8.88. The smallest absolute Gasteiger partial charge is 0.234 e. The van der Waals surface area contributed by atoms with Crippen LogP contribution in [0.25, 0.3) is 0 Å². The maximum atomic E-state index is 12.3. The van der Waals surface area contributed by atoms with Crippen molar-refractivity contribution in [1.29, 1.82) is 0 Å². The van der Waals surface area contributed by atoms with Crippen molar-refractivity contribution in [2.24, 2.45) is 0 Å². The summed E-state index contributed by atoms with van der Waals surface area (Å²) in [4.78, 5) is 25.9. The van der Waals surface area contributed by atoms with Crippen molar-refractivity contribution >= 4 is 35.1 Å². The standard InChI is InChI=1S/C18H23N5O3S/c1-3-23-17(22-7-9-26-10-8-22)20-21-18(23)27-12-16(25)19-15-6-4-5-14(11-15)13(2)24/h4-6,11H,3,7-10,12H2,1-2H3,(H,19,25). The van der Waals surface area contributed by atoms with Gasteiger partial charge in [-0.05, 0) is 26.0 Å². The second-order valence-corrected chi connectivity index (χ2v) is 7.04. The molecule has 0 bridgehead atoms. The van der Waals surface area contributed by atoms with Gasteiger partial charge in [0.2, 0.25) is 11.9 Å². The fourth-order valence-corrected chi connectivity index (χ4v) is 3.60. The van der Waals surface area contributed by atoms with Crippen LogP contribution in [0.4, 0.5) is 11.6 Å². The molecule has 1 aliphatic heterocycles. The van der Waals surface area contributed by atoms with Crippen LogP contribution in [0, 0.1) is 0 Å². The van der Waals surface area contributed by atoms with Gasteiger partial charge in [0.15, 0.2) is 10.9 Å². The highest BCUT2D eigenvalue weighted by molar-refractivity contribution is 7.99. The second-order valence-electron chi connectivity index (χ2n) is 6.10. The van der Waals surface area contributed by atoms with E-state index >= 15 is 0 Å². The molecule has 1 aromatic carbocycles. The number of aromatic nitrogens is 3. The number of hydrogen-bond acceptors (Lipinski definition) is 7. The van der Waals surface area contributed by atoms with E-state index in [0.29, 0.717) is 29.6 Å². The molecule has 1 aliphatic rings. The molecule has 27 heavy (non-hydrogen) atoms. The predicted octanol–water partition coefficient (Wildman–Crippen LogP) is 2.07. The quantitative estimate of drug-likeness (QED) is 0.573. The number of ketones is 1. The van der Waals surface area contributed by atoms with Crippen LogP contribution in [0.2, 0.25) is 0 Å². The third-order valence-corrected chi connectivity index (χ3v) is 5.16. The summed E-state index contributed by atoms with van der Waals surface area (Å²) in [6.07, 6.45) is 0. The number of Topliss-reactive ketones (excluding diaryl/α,β-unsaturated/α-hetero) is 1. The normalized spacial score (nSPS) is 14.2. The molecule has 9 heteroatoms. The largest absolute Gasteiger partial charge is 0.378 e. The fourth-order valence-electron chi connectivity index (χ4n) is 2.80. The summed E-state index contributed by atoms with van der Waals surface area (Å²) in [7, 11) is 0. The molecule has 144 valence electrons. The maximum Gasteiger partial charge on any atom is 0.234 e. The lowest BCUT2D eigenvalue weighted by Crippen LogP contribution is -2.38. The van der Waals surface area contributed by atoms with Crippen LogP contribution in [-0.4, -0.2) is 58.5 Å². The molecule has 1 saturated heterocycles. The van der Waals surface area contributed by atoms with Gasteiger partial charge >= 0.3 is 0 Å². The molecular weight excluding hydrogens is 366 g/mol. The minimum absolute atomic E-state index is 0.0350. The van der Waals surface area contributed by atoms with Crippen molar-refractivity contribution in [1.82, 2.24) is 14.8 Å². The van der Waals surface area contributed by atoms with Crippen molar-refractivity contribution in [2.75, 3.05) is 42.3 Å². The molecule has 1 amide bonds. The lowest BCUT2D eigenvalue weighted by molar-refractivity contribution is -0.113. The van der Waals surface area contributed by atoms with E-state index in [1.54, 1.807) is 24.3 Å². The molecule has 0 atom stereocenters. The van der Waals surface area contributed by atoms with Gasteiger partial charge in [-0.3, -0.25) is 14.2 Å². The maximum absolute atomic E-state index is 12.3. The summed E-state index contributed by atoms with van der Waals surface area (Å²) in [5, 5.41) is 12.1. The molecule has 1 aromatic heterocycles. The summed E-state index contributed by atoms with van der Waals surface area (Å²) in [6.45, 7) is 7.20. The van der Waals surface area contributed by atoms with Crippen LogP contribution >= 0.6 is 11.8 Å². The Hall–Kier alpha value is -2.39. The number of carbonyl (C=O) groups is 2. The SMILES string of the molecule is CCn1c(SCC(=O)Nc2cccc(C(C)=O)c2)nnc1N1CCOCC1. The molecule has 2 aromatic rings. The second kappa shape index (κ2) is 9.01. The van der Waals surface area contributed by atoms with Gasteiger partial charge < -0.3 is 15.0 Å². The van der Waals surface area contributed by atoms with Crippen molar-refractivity contribution in [2.45, 2.75) is 25.5 Å². The first kappa shape index (κ1) is 19.4. The molecule has 0 spiro atoms. The summed E-state index contributed by atoms with van der Waals surface area (Å²) in [6, 6.07) is 6.92. The predicted molar refractivity (Wildman–Crippen MR) is 105 cm³/mol. The van der Waals surface area contributed by atoms with E-state index in [-0.39, 0.29) is 17.4 Å². The summed E-state index contributed by atoms with van der Waals surface area (Å²) in [5.74, 6) is 0.843. The molecule has 1 N–H and O–H groups in total. The minimum atomic E-state index is -0.153. The lowest BCUT2D eigenvalue weighted by Gasteiger charge is -2.27. The van der Waals surface area contributed by atoms with Gasteiger partial charge in [-0.15, -0.1) is 10.2 Å². The number of hydrogen-bond donors (Lipinski definition) is 1. The molecule has 0 unspecified atom stereocenters. The highest BCUT2D eigenvalue weighted by Gasteiger charge is 2.20. The van der Waals surface area contributed by atoms with E-state index in [4.69, 9.17) is 4.74 Å². The first-order chi connectivity index (χ1) is 13.1. The molecule has 1 fully saturated rings. The number of morpholine rings is 1. The van der Waals surface area contributed by atoms with Gasteiger partial charge in [0.25, 0.3) is 0 Å². The lowest BCUT2D eigenvalue weighted by atomic mass is 10.1. The van der Waals surface area contributed by atoms with E-state index in [0.717, 1.165) is 25.6 Å². The summed E-state index contributed by atoms with van der Waals surface area (Å²) >= 11 is 1.35. The average Bonchev–Trinajstić information content (AvgIpc) is 3.10. The van der Waals surface area contributed by atoms with Crippen LogP contribution < -0.4 is 10.2 Å². The Balaban J connectivity index is 1.61. The summed E-state index contributed by atoms with van der Waals surface area (Å²) < 4.78 is 7.40. The van der Waals surface area contributed by atoms with E-state index in [2.05, 4.69) is 20.4 Å². The number of amides is 1. The van der Waals surface area contributed by atoms with Crippen LogP contribution in [-0.2, 0) is 16.1 Å². The Bertz CT molecular complexity index is 817. The van der Waals surface area contributed by atoms with E-state index in [1.807, 2.05) is 11.5 Å². The third-order valence-electron chi connectivity index (χ3n) is 4.19. The van der Waals surface area contributed by atoms with Gasteiger partial charge in [-0.1, -0.05) is 23.9 Å². The Kier molecular flexibility index (Phi) is 6.46. The van der Waals surface area contributed by atoms with Crippen molar-refractivity contribution in [3.8, 4) is 0 Å². The minimum Gasteiger partial charge on any atom is -0.378 e. The van der Waals surface area contributed by atoms with Gasteiger partial charge in [-0.25, -0.2) is 0 Å². The Morgan fingerprint density at radius 1 is 1.26 bits per heavy atom. The molecule has 3 rings (SSSR count). The number of rotatable bonds is 7. The van der Waals surface area contributed by atoms with Gasteiger partial charge in [0, 0.05) is 30.9 Å². The van der Waals surface area contributed by atoms with Crippen LogP contribution in [0.5, 0.6) is 0 Å². The Morgan fingerprint density at radius 3 is 2.74 bits per heavy atom. The zero-order valence-corrected chi connectivity index (χ0v) is 16.3. The highest BCUT2D eigenvalue weighted by atomic mass is 32.2. The fraction of sp³-hybridized carbons (Fsp3) is 0.444. The number of benzene rings is 1. The zero-order valence-electron chi connectivity index (χ0n) is 15.5. The van der Waals surface area contributed by atoms with Gasteiger partial charge in [-0.2, -0.15) is 0 Å². The van der Waals surface area contributed by atoms with Crippen molar-refractivity contribution in [3.63, 3.8) is 0 Å². The topological polar surface area (TPSA) is 89.3 Å². The highest BCUT2D eigenvalue weighted by Crippen LogP contribution is 2.23. The van der Waals surface area contributed by atoms with E-state index in [9.17, 15) is 9.59 Å². The van der Waals surface area contributed by atoms with E-state index in [1.165, 1.54) is 18.7 Å². The molecule has 0 radical (unpaired) electrons. The summed E-state index contributed by atoms with van der Waals surface area (Å²) in [5.41, 5.74) is 1.18. The molecule has 0 aliphatic carbocycles. The zero-order chi connectivity index (χ0) is 19.2. The first-order valence-corrected chi connectivity index (χ1v) is 9.86. The molecule has 2 heterocycles. The number of ether oxygens (including phenoxy) is 1.